The van der Waals surface area contributed by atoms with Gasteiger partial charge < -0.3 is 14.2 Å². The Hall–Kier alpha value is -0.260. The van der Waals surface area contributed by atoms with E-state index in [1.165, 1.54) is 0 Å². The maximum atomic E-state index is 11.1. The highest BCUT2D eigenvalue weighted by atomic mass is 32.1. The lowest BCUT2D eigenvalue weighted by Crippen LogP contribution is -2.19. The fraction of sp³-hybridized carbons (Fsp3) is 0.889. The van der Waals surface area contributed by atoms with Gasteiger partial charge >= 0.3 is 5.97 Å². The van der Waals surface area contributed by atoms with Crippen molar-refractivity contribution >= 4 is 18.6 Å². The quantitative estimate of drug-likeness (QED) is 0.376. The molecule has 5 heteroatoms. The predicted molar refractivity (Wildman–Crippen MR) is 56.7 cm³/mol. The smallest absolute Gasteiger partial charge is 0.318 e. The van der Waals surface area contributed by atoms with Crippen LogP contribution in [0.3, 0.4) is 0 Å². The van der Waals surface area contributed by atoms with Crippen LogP contribution in [0.5, 0.6) is 0 Å². The minimum atomic E-state index is -0.325. The van der Waals surface area contributed by atoms with Gasteiger partial charge in [0.05, 0.1) is 25.1 Å². The van der Waals surface area contributed by atoms with E-state index >= 15 is 0 Å². The average Bonchev–Trinajstić information content (AvgIpc) is 2.21. The van der Waals surface area contributed by atoms with Crippen molar-refractivity contribution in [1.29, 1.82) is 0 Å². The summed E-state index contributed by atoms with van der Waals surface area (Å²) in [5.41, 5.74) is 0. The summed E-state index contributed by atoms with van der Waals surface area (Å²) in [6, 6.07) is 0. The van der Waals surface area contributed by atoms with Crippen LogP contribution in [0.25, 0.3) is 0 Å². The maximum absolute atomic E-state index is 11.1. The third kappa shape index (κ3) is 7.17. The van der Waals surface area contributed by atoms with Gasteiger partial charge in [0.1, 0.15) is 6.61 Å². The van der Waals surface area contributed by atoms with Gasteiger partial charge in [-0.2, -0.15) is 12.6 Å². The van der Waals surface area contributed by atoms with Gasteiger partial charge in [-0.05, 0) is 6.42 Å². The van der Waals surface area contributed by atoms with Crippen LogP contribution in [-0.4, -0.2) is 44.8 Å². The van der Waals surface area contributed by atoms with Crippen molar-refractivity contribution in [3.8, 4) is 0 Å². The van der Waals surface area contributed by atoms with E-state index in [2.05, 4.69) is 12.6 Å². The topological polar surface area (TPSA) is 44.8 Å². The van der Waals surface area contributed by atoms with E-state index in [-0.39, 0.29) is 17.8 Å². The molecule has 0 radical (unpaired) electrons. The number of esters is 1. The molecule has 0 aromatic rings. The van der Waals surface area contributed by atoms with Crippen LogP contribution in [0.2, 0.25) is 0 Å². The molecule has 0 rings (SSSR count). The summed E-state index contributed by atoms with van der Waals surface area (Å²) in [5.74, 6) is -0.286. The lowest BCUT2D eigenvalue weighted by molar-refractivity contribution is -0.144. The Kier molecular flexibility index (Phi) is 9.13. The van der Waals surface area contributed by atoms with Crippen molar-refractivity contribution in [1.82, 2.24) is 0 Å². The third-order valence-electron chi connectivity index (χ3n) is 1.56. The summed E-state index contributed by atoms with van der Waals surface area (Å²) in [6.45, 7) is 3.64. The van der Waals surface area contributed by atoms with Gasteiger partial charge in [0.15, 0.2) is 0 Å². The van der Waals surface area contributed by atoms with E-state index in [0.717, 1.165) is 0 Å². The summed E-state index contributed by atoms with van der Waals surface area (Å²) < 4.78 is 14.8. The van der Waals surface area contributed by atoms with Crippen LogP contribution >= 0.6 is 12.6 Å². The van der Waals surface area contributed by atoms with Crippen molar-refractivity contribution in [3.05, 3.63) is 0 Å². The Morgan fingerprint density at radius 3 is 2.50 bits per heavy atom. The van der Waals surface area contributed by atoms with E-state index in [9.17, 15) is 4.79 Å². The van der Waals surface area contributed by atoms with Gasteiger partial charge in [-0.25, -0.2) is 0 Å². The molecule has 4 nitrogen and oxygen atoms in total. The van der Waals surface area contributed by atoms with Crippen LogP contribution in [-0.2, 0) is 19.0 Å². The highest BCUT2D eigenvalue weighted by molar-refractivity contribution is 7.81. The van der Waals surface area contributed by atoms with E-state index in [4.69, 9.17) is 14.2 Å². The first-order valence-electron chi connectivity index (χ1n) is 4.63. The Bertz CT molecular complexity index is 152. The second-order valence-corrected chi connectivity index (χ2v) is 3.32. The molecule has 0 bridgehead atoms. The highest BCUT2D eigenvalue weighted by Gasteiger charge is 2.11. The second-order valence-electron chi connectivity index (χ2n) is 2.70. The van der Waals surface area contributed by atoms with Gasteiger partial charge in [-0.3, -0.25) is 4.79 Å². The van der Waals surface area contributed by atoms with Gasteiger partial charge in [0.2, 0.25) is 0 Å². The van der Waals surface area contributed by atoms with Crippen molar-refractivity contribution in [2.45, 2.75) is 18.6 Å². The molecule has 0 N–H and O–H groups in total. The fourth-order valence-corrected chi connectivity index (χ4v) is 0.783. The normalized spacial score (nSPS) is 12.5. The number of ether oxygens (including phenoxy) is 3. The molecule has 14 heavy (non-hydrogen) atoms. The molecule has 1 atom stereocenters. The zero-order valence-electron chi connectivity index (χ0n) is 8.69. The number of carbonyl (C=O) groups is 1. The second kappa shape index (κ2) is 9.30. The molecule has 0 amide bonds. The van der Waals surface area contributed by atoms with Crippen LogP contribution in [0.15, 0.2) is 0 Å². The first-order valence-corrected chi connectivity index (χ1v) is 5.15. The van der Waals surface area contributed by atoms with E-state index in [1.807, 2.05) is 6.92 Å². The predicted octanol–water partition coefficient (Wildman–Crippen LogP) is 0.901. The van der Waals surface area contributed by atoms with Gasteiger partial charge in [-0.15, -0.1) is 0 Å². The lowest BCUT2D eigenvalue weighted by Gasteiger charge is -2.08. The lowest BCUT2D eigenvalue weighted by atomic mass is 10.3. The summed E-state index contributed by atoms with van der Waals surface area (Å²) in [7, 11) is 1.61. The highest BCUT2D eigenvalue weighted by Crippen LogP contribution is 2.02. The van der Waals surface area contributed by atoms with E-state index in [0.29, 0.717) is 26.2 Å². The first kappa shape index (κ1) is 13.7. The molecule has 0 heterocycles. The minimum Gasteiger partial charge on any atom is -0.462 e. The monoisotopic (exact) mass is 222 g/mol. The molecular weight excluding hydrogens is 204 g/mol. The van der Waals surface area contributed by atoms with E-state index in [1.54, 1.807) is 7.11 Å². The summed E-state index contributed by atoms with van der Waals surface area (Å²) in [6.07, 6.45) is 0.673. The Balaban J connectivity index is 3.23. The minimum absolute atomic E-state index is 0.277. The summed E-state index contributed by atoms with van der Waals surface area (Å²) in [4.78, 5) is 11.1. The molecule has 0 aromatic carbocycles. The summed E-state index contributed by atoms with van der Waals surface area (Å²) >= 11 is 4.05. The zero-order chi connectivity index (χ0) is 10.8. The van der Waals surface area contributed by atoms with Crippen LogP contribution < -0.4 is 0 Å². The number of hydrogen-bond donors (Lipinski definition) is 1. The Morgan fingerprint density at radius 2 is 1.93 bits per heavy atom. The molecule has 1 unspecified atom stereocenters. The Morgan fingerprint density at radius 1 is 1.29 bits per heavy atom. The third-order valence-corrected chi connectivity index (χ3v) is 2.14. The SMILES string of the molecule is CCC(S)C(=O)OCCOCCOC. The molecule has 0 saturated heterocycles. The van der Waals surface area contributed by atoms with Gasteiger partial charge in [-0.1, -0.05) is 6.92 Å². The molecular formula is C9H18O4S. The van der Waals surface area contributed by atoms with Gasteiger partial charge in [0, 0.05) is 7.11 Å². The van der Waals surface area contributed by atoms with E-state index < -0.39 is 0 Å². The molecule has 0 spiro atoms. The van der Waals surface area contributed by atoms with Crippen LogP contribution in [0.4, 0.5) is 0 Å². The van der Waals surface area contributed by atoms with Gasteiger partial charge in [0.25, 0.3) is 0 Å². The average molecular weight is 222 g/mol. The largest absolute Gasteiger partial charge is 0.462 e. The molecule has 0 saturated carbocycles. The van der Waals surface area contributed by atoms with Crippen molar-refractivity contribution in [2.24, 2.45) is 0 Å². The number of carbonyl (C=O) groups excluding carboxylic acids is 1. The number of hydrogen-bond acceptors (Lipinski definition) is 5. The molecule has 84 valence electrons. The Labute approximate surface area is 90.3 Å². The van der Waals surface area contributed by atoms with Crippen molar-refractivity contribution in [2.75, 3.05) is 33.5 Å². The first-order chi connectivity index (χ1) is 6.72. The van der Waals surface area contributed by atoms with Crippen molar-refractivity contribution < 1.29 is 19.0 Å². The van der Waals surface area contributed by atoms with Crippen LogP contribution in [0, 0.1) is 0 Å². The number of methoxy groups -OCH3 is 1. The summed E-state index contributed by atoms with van der Waals surface area (Å²) in [5, 5.41) is -0.325. The molecule has 0 aliphatic carbocycles. The molecule has 0 aliphatic heterocycles. The maximum Gasteiger partial charge on any atom is 0.318 e. The number of rotatable bonds is 8. The zero-order valence-corrected chi connectivity index (χ0v) is 9.59. The van der Waals surface area contributed by atoms with Crippen molar-refractivity contribution in [3.63, 3.8) is 0 Å². The fourth-order valence-electron chi connectivity index (χ4n) is 0.708. The standard InChI is InChI=1S/C9H18O4S/c1-3-8(14)9(10)13-7-6-12-5-4-11-2/h8,14H,3-7H2,1-2H3. The molecule has 0 aromatic heterocycles. The molecule has 0 fully saturated rings. The number of thiol groups is 1. The van der Waals surface area contributed by atoms with Crippen LogP contribution in [0.1, 0.15) is 13.3 Å². The molecule has 0 aliphatic rings.